The number of carbonyl (C=O) groups is 1. The Morgan fingerprint density at radius 2 is 1.89 bits per heavy atom. The Kier molecular flexibility index (Phi) is 4.58. The molecule has 0 aliphatic rings. The van der Waals surface area contributed by atoms with Crippen molar-refractivity contribution in [3.63, 3.8) is 0 Å². The molecule has 0 fully saturated rings. The van der Waals surface area contributed by atoms with E-state index in [0.717, 1.165) is 11.3 Å². The number of benzene rings is 1. The first-order chi connectivity index (χ1) is 8.70. The highest BCUT2D eigenvalue weighted by molar-refractivity contribution is 5.87. The molecule has 0 aliphatic heterocycles. The number of hydrogen-bond donors (Lipinski definition) is 2. The molecule has 1 aromatic carbocycles. The van der Waals surface area contributed by atoms with E-state index in [2.05, 4.69) is 5.32 Å². The van der Waals surface area contributed by atoms with Crippen LogP contribution in [0, 0.1) is 6.92 Å². The molecule has 19 heavy (non-hydrogen) atoms. The van der Waals surface area contributed by atoms with E-state index in [1.54, 1.807) is 7.11 Å². The highest BCUT2D eigenvalue weighted by Gasteiger charge is 2.37. The lowest BCUT2D eigenvalue weighted by molar-refractivity contribution is -0.124. The van der Waals surface area contributed by atoms with Gasteiger partial charge in [0.25, 0.3) is 0 Å². The van der Waals surface area contributed by atoms with Crippen molar-refractivity contribution >= 4 is 11.6 Å². The van der Waals surface area contributed by atoms with Crippen LogP contribution in [0.4, 0.5) is 5.69 Å². The van der Waals surface area contributed by atoms with Crippen molar-refractivity contribution in [3.8, 4) is 0 Å². The molecule has 3 N–H and O–H groups in total. The second kappa shape index (κ2) is 5.61. The van der Waals surface area contributed by atoms with Crippen LogP contribution in [0.25, 0.3) is 0 Å². The summed E-state index contributed by atoms with van der Waals surface area (Å²) in [6, 6.07) is 7.82. The Labute approximate surface area is 115 Å². The lowest BCUT2D eigenvalue weighted by Crippen LogP contribution is -2.52. The summed E-state index contributed by atoms with van der Waals surface area (Å²) in [6.07, 6.45) is 0.486. The average molecular weight is 264 g/mol. The summed E-state index contributed by atoms with van der Waals surface area (Å²) in [6.45, 7) is 7.68. The van der Waals surface area contributed by atoms with Crippen molar-refractivity contribution in [2.24, 2.45) is 5.73 Å². The van der Waals surface area contributed by atoms with E-state index in [1.165, 1.54) is 0 Å². The highest BCUT2D eigenvalue weighted by atomic mass is 16.5. The summed E-state index contributed by atoms with van der Waals surface area (Å²) in [5, 5.41) is 3.26. The number of carbonyl (C=O) groups excluding carboxylic acids is 1. The van der Waals surface area contributed by atoms with Gasteiger partial charge in [-0.15, -0.1) is 0 Å². The minimum Gasteiger partial charge on any atom is -0.379 e. The van der Waals surface area contributed by atoms with Crippen molar-refractivity contribution in [3.05, 3.63) is 29.8 Å². The first kappa shape index (κ1) is 15.5. The van der Waals surface area contributed by atoms with Gasteiger partial charge in [0.15, 0.2) is 0 Å². The number of aryl methyl sites for hydroxylation is 1. The summed E-state index contributed by atoms with van der Waals surface area (Å²) in [4.78, 5) is 11.8. The molecule has 4 nitrogen and oxygen atoms in total. The molecule has 1 atom stereocenters. The number of nitrogens with two attached hydrogens (primary N) is 1. The van der Waals surface area contributed by atoms with Gasteiger partial charge < -0.3 is 15.8 Å². The maximum Gasteiger partial charge on any atom is 0.242 e. The number of rotatable bonds is 6. The van der Waals surface area contributed by atoms with Gasteiger partial charge in [-0.2, -0.15) is 0 Å². The van der Waals surface area contributed by atoms with Crippen LogP contribution in [-0.2, 0) is 9.53 Å². The molecule has 0 saturated heterocycles. The number of para-hydroxylation sites is 1. The van der Waals surface area contributed by atoms with E-state index in [1.807, 2.05) is 52.0 Å². The van der Waals surface area contributed by atoms with Crippen LogP contribution in [0.2, 0.25) is 0 Å². The average Bonchev–Trinajstić information content (AvgIpc) is 2.31. The topological polar surface area (TPSA) is 64.3 Å². The van der Waals surface area contributed by atoms with Crippen molar-refractivity contribution < 1.29 is 9.53 Å². The normalized spacial score (nSPS) is 14.8. The molecule has 1 aromatic rings. The van der Waals surface area contributed by atoms with Gasteiger partial charge in [0.2, 0.25) is 5.91 Å². The van der Waals surface area contributed by atoms with Gasteiger partial charge >= 0.3 is 0 Å². The van der Waals surface area contributed by atoms with Gasteiger partial charge in [0.1, 0.15) is 5.54 Å². The van der Waals surface area contributed by atoms with E-state index < -0.39 is 11.1 Å². The summed E-state index contributed by atoms with van der Waals surface area (Å²) in [5.74, 6) is -0.388. The molecular formula is C15H24N2O2. The van der Waals surface area contributed by atoms with Crippen molar-refractivity contribution in [2.45, 2.75) is 45.3 Å². The maximum atomic E-state index is 11.8. The number of primary amides is 1. The van der Waals surface area contributed by atoms with Gasteiger partial charge in [-0.05, 0) is 39.3 Å². The third-order valence-electron chi connectivity index (χ3n) is 3.43. The molecule has 106 valence electrons. The number of hydrogen-bond acceptors (Lipinski definition) is 3. The van der Waals surface area contributed by atoms with Crippen LogP contribution < -0.4 is 11.1 Å². The van der Waals surface area contributed by atoms with Crippen molar-refractivity contribution in [2.75, 3.05) is 12.4 Å². The molecule has 1 amide bonds. The zero-order chi connectivity index (χ0) is 14.7. The molecule has 0 spiro atoms. The number of methoxy groups -OCH3 is 1. The second-order valence-electron chi connectivity index (χ2n) is 5.78. The fourth-order valence-corrected chi connectivity index (χ4v) is 2.13. The highest BCUT2D eigenvalue weighted by Crippen LogP contribution is 2.28. The molecule has 0 radical (unpaired) electrons. The SMILES string of the molecule is COC(C)(C)CC(C)(Nc1ccccc1C)C(N)=O. The van der Waals surface area contributed by atoms with Gasteiger partial charge in [-0.25, -0.2) is 0 Å². The molecule has 0 aromatic heterocycles. The summed E-state index contributed by atoms with van der Waals surface area (Å²) in [7, 11) is 1.63. The zero-order valence-corrected chi connectivity index (χ0v) is 12.4. The molecule has 4 heteroatoms. The van der Waals surface area contributed by atoms with Gasteiger partial charge in [0, 0.05) is 19.2 Å². The molecular weight excluding hydrogens is 240 g/mol. The van der Waals surface area contributed by atoms with E-state index >= 15 is 0 Å². The monoisotopic (exact) mass is 264 g/mol. The minimum absolute atomic E-state index is 0.388. The van der Waals surface area contributed by atoms with Crippen LogP contribution in [0.15, 0.2) is 24.3 Å². The lowest BCUT2D eigenvalue weighted by Gasteiger charge is -2.36. The van der Waals surface area contributed by atoms with Gasteiger partial charge in [-0.3, -0.25) is 4.79 Å². The standard InChI is InChI=1S/C15H24N2O2/c1-11-8-6-7-9-12(11)17-15(4,13(16)18)10-14(2,3)19-5/h6-9,17H,10H2,1-5H3,(H2,16,18). The third kappa shape index (κ3) is 3.96. The molecule has 1 rings (SSSR count). The smallest absolute Gasteiger partial charge is 0.242 e. The third-order valence-corrected chi connectivity index (χ3v) is 3.43. The second-order valence-corrected chi connectivity index (χ2v) is 5.78. The predicted molar refractivity (Wildman–Crippen MR) is 78.1 cm³/mol. The Balaban J connectivity index is 3.01. The van der Waals surface area contributed by atoms with E-state index in [4.69, 9.17) is 10.5 Å². The first-order valence-electron chi connectivity index (χ1n) is 6.39. The Hall–Kier alpha value is -1.55. The summed E-state index contributed by atoms with van der Waals surface area (Å²) < 4.78 is 5.40. The van der Waals surface area contributed by atoms with E-state index in [-0.39, 0.29) is 5.91 Å². The minimum atomic E-state index is -0.856. The Morgan fingerprint density at radius 3 is 2.37 bits per heavy atom. The molecule has 0 aliphatic carbocycles. The fraction of sp³-hybridized carbons (Fsp3) is 0.533. The van der Waals surface area contributed by atoms with E-state index in [0.29, 0.717) is 6.42 Å². The molecule has 1 unspecified atom stereocenters. The summed E-state index contributed by atoms with van der Waals surface area (Å²) >= 11 is 0. The molecule has 0 heterocycles. The number of nitrogens with one attached hydrogen (secondary N) is 1. The van der Waals surface area contributed by atoms with E-state index in [9.17, 15) is 4.79 Å². The number of ether oxygens (including phenoxy) is 1. The zero-order valence-electron chi connectivity index (χ0n) is 12.4. The van der Waals surface area contributed by atoms with Crippen molar-refractivity contribution in [1.82, 2.24) is 0 Å². The van der Waals surface area contributed by atoms with Crippen LogP contribution in [0.1, 0.15) is 32.8 Å². The lowest BCUT2D eigenvalue weighted by atomic mass is 9.86. The molecule has 0 bridgehead atoms. The quantitative estimate of drug-likeness (QED) is 0.829. The largest absolute Gasteiger partial charge is 0.379 e. The predicted octanol–water partition coefficient (Wildman–Crippen LogP) is 2.47. The first-order valence-corrected chi connectivity index (χ1v) is 6.39. The Bertz CT molecular complexity index is 457. The van der Waals surface area contributed by atoms with Gasteiger partial charge in [-0.1, -0.05) is 18.2 Å². The molecule has 0 saturated carbocycles. The number of amides is 1. The van der Waals surface area contributed by atoms with Crippen molar-refractivity contribution in [1.29, 1.82) is 0 Å². The Morgan fingerprint density at radius 1 is 1.32 bits per heavy atom. The summed E-state index contributed by atoms with van der Waals surface area (Å²) in [5.41, 5.74) is 6.27. The van der Waals surface area contributed by atoms with Crippen LogP contribution in [-0.4, -0.2) is 24.2 Å². The van der Waals surface area contributed by atoms with Crippen LogP contribution in [0.3, 0.4) is 0 Å². The van der Waals surface area contributed by atoms with Crippen LogP contribution in [0.5, 0.6) is 0 Å². The van der Waals surface area contributed by atoms with Crippen LogP contribution >= 0.6 is 0 Å². The number of anilines is 1. The maximum absolute atomic E-state index is 11.8. The van der Waals surface area contributed by atoms with Gasteiger partial charge in [0.05, 0.1) is 5.60 Å². The fourth-order valence-electron chi connectivity index (χ4n) is 2.13.